The van der Waals surface area contributed by atoms with Crippen LogP contribution in [0.15, 0.2) is 0 Å². The minimum absolute atomic E-state index is 0.273. The third-order valence-electron chi connectivity index (χ3n) is 4.49. The summed E-state index contributed by atoms with van der Waals surface area (Å²) >= 11 is 0. The van der Waals surface area contributed by atoms with Gasteiger partial charge in [0.05, 0.1) is 0 Å². The second kappa shape index (κ2) is 16.8. The molecule has 0 heterocycles. The standard InChI is InChI=1S/C20H41NO/c1-4-5-6-7-8-9-10-11-12-13-14-15-16-17-18-19-20(22)21(2)3/h4-19H2,1-3H3. The molecule has 1 amide bonds. The smallest absolute Gasteiger partial charge is 0.222 e. The third kappa shape index (κ3) is 15.9. The Labute approximate surface area is 140 Å². The molecule has 0 aromatic carbocycles. The summed E-state index contributed by atoms with van der Waals surface area (Å²) in [5.74, 6) is 0.273. The van der Waals surface area contributed by atoms with Crippen molar-refractivity contribution < 1.29 is 4.79 Å². The fourth-order valence-corrected chi connectivity index (χ4v) is 2.87. The van der Waals surface area contributed by atoms with Crippen molar-refractivity contribution in [2.75, 3.05) is 14.1 Å². The van der Waals surface area contributed by atoms with E-state index in [-0.39, 0.29) is 5.91 Å². The molecule has 0 aliphatic heterocycles. The second-order valence-electron chi connectivity index (χ2n) is 6.99. The summed E-state index contributed by atoms with van der Waals surface area (Å²) in [6, 6.07) is 0. The third-order valence-corrected chi connectivity index (χ3v) is 4.49. The quantitative estimate of drug-likeness (QED) is 0.305. The molecule has 0 aliphatic rings. The summed E-state index contributed by atoms with van der Waals surface area (Å²) in [7, 11) is 3.68. The molecular weight excluding hydrogens is 270 g/mol. The van der Waals surface area contributed by atoms with Gasteiger partial charge in [0.25, 0.3) is 0 Å². The lowest BCUT2D eigenvalue weighted by molar-refractivity contribution is -0.128. The highest BCUT2D eigenvalue weighted by Gasteiger charge is 2.02. The van der Waals surface area contributed by atoms with E-state index < -0.39 is 0 Å². The maximum Gasteiger partial charge on any atom is 0.222 e. The van der Waals surface area contributed by atoms with Gasteiger partial charge >= 0.3 is 0 Å². The topological polar surface area (TPSA) is 20.3 Å². The van der Waals surface area contributed by atoms with Gasteiger partial charge in [0.15, 0.2) is 0 Å². The average Bonchev–Trinajstić information content (AvgIpc) is 2.50. The zero-order chi connectivity index (χ0) is 16.5. The van der Waals surface area contributed by atoms with E-state index in [9.17, 15) is 4.79 Å². The molecule has 22 heavy (non-hydrogen) atoms. The van der Waals surface area contributed by atoms with Crippen LogP contribution >= 0.6 is 0 Å². The van der Waals surface area contributed by atoms with Crippen molar-refractivity contribution in [1.82, 2.24) is 4.90 Å². The molecule has 0 fully saturated rings. The summed E-state index contributed by atoms with van der Waals surface area (Å²) in [6.07, 6.45) is 21.3. The monoisotopic (exact) mass is 311 g/mol. The largest absolute Gasteiger partial charge is 0.349 e. The van der Waals surface area contributed by atoms with Gasteiger partial charge in [-0.05, 0) is 6.42 Å². The van der Waals surface area contributed by atoms with Crippen LogP contribution in [0.25, 0.3) is 0 Å². The molecule has 2 nitrogen and oxygen atoms in total. The summed E-state index contributed by atoms with van der Waals surface area (Å²) in [6.45, 7) is 2.28. The first-order valence-electron chi connectivity index (χ1n) is 9.88. The van der Waals surface area contributed by atoms with Crippen LogP contribution in [0.5, 0.6) is 0 Å². The van der Waals surface area contributed by atoms with Crippen LogP contribution in [-0.2, 0) is 4.79 Å². The minimum atomic E-state index is 0.273. The van der Waals surface area contributed by atoms with Gasteiger partial charge in [-0.15, -0.1) is 0 Å². The van der Waals surface area contributed by atoms with Gasteiger partial charge in [-0.3, -0.25) is 4.79 Å². The molecule has 2 heteroatoms. The Balaban J connectivity index is 3.04. The van der Waals surface area contributed by atoms with Gasteiger partial charge in [-0.1, -0.05) is 96.8 Å². The van der Waals surface area contributed by atoms with E-state index in [4.69, 9.17) is 0 Å². The highest BCUT2D eigenvalue weighted by molar-refractivity contribution is 5.75. The van der Waals surface area contributed by atoms with E-state index in [1.165, 1.54) is 89.9 Å². The average molecular weight is 312 g/mol. The number of unbranched alkanes of at least 4 members (excludes halogenated alkanes) is 14. The summed E-state index contributed by atoms with van der Waals surface area (Å²) < 4.78 is 0. The van der Waals surface area contributed by atoms with Crippen LogP contribution in [-0.4, -0.2) is 24.9 Å². The molecule has 0 aromatic heterocycles. The van der Waals surface area contributed by atoms with Gasteiger partial charge < -0.3 is 4.90 Å². The van der Waals surface area contributed by atoms with Gasteiger partial charge in [-0.2, -0.15) is 0 Å². The summed E-state index contributed by atoms with van der Waals surface area (Å²) in [5.41, 5.74) is 0. The highest BCUT2D eigenvalue weighted by atomic mass is 16.2. The van der Waals surface area contributed by atoms with Gasteiger partial charge in [0, 0.05) is 20.5 Å². The van der Waals surface area contributed by atoms with E-state index in [2.05, 4.69) is 6.92 Å². The van der Waals surface area contributed by atoms with E-state index in [0.717, 1.165) is 12.8 Å². The number of amides is 1. The van der Waals surface area contributed by atoms with Crippen molar-refractivity contribution in [3.05, 3.63) is 0 Å². The van der Waals surface area contributed by atoms with Crippen LogP contribution in [0, 0.1) is 0 Å². The van der Waals surface area contributed by atoms with Crippen LogP contribution in [0.1, 0.15) is 110 Å². The van der Waals surface area contributed by atoms with Crippen molar-refractivity contribution in [1.29, 1.82) is 0 Å². The molecular formula is C20H41NO. The van der Waals surface area contributed by atoms with Gasteiger partial charge in [-0.25, -0.2) is 0 Å². The molecule has 0 radical (unpaired) electrons. The molecule has 0 aromatic rings. The van der Waals surface area contributed by atoms with Crippen LogP contribution in [0.3, 0.4) is 0 Å². The molecule has 0 N–H and O–H groups in total. The maximum atomic E-state index is 11.4. The SMILES string of the molecule is CCCCCCCCCCCCCCCCCC(=O)N(C)C. The predicted octanol–water partition coefficient (Wildman–Crippen LogP) is 6.34. The second-order valence-corrected chi connectivity index (χ2v) is 6.99. The van der Waals surface area contributed by atoms with Crippen molar-refractivity contribution in [2.24, 2.45) is 0 Å². The molecule has 0 rings (SSSR count). The first-order valence-corrected chi connectivity index (χ1v) is 9.88. The van der Waals surface area contributed by atoms with Crippen LogP contribution in [0.2, 0.25) is 0 Å². The normalized spacial score (nSPS) is 10.9. The predicted molar refractivity (Wildman–Crippen MR) is 98.2 cm³/mol. The van der Waals surface area contributed by atoms with E-state index >= 15 is 0 Å². The van der Waals surface area contributed by atoms with Crippen molar-refractivity contribution in [2.45, 2.75) is 110 Å². The number of hydrogen-bond donors (Lipinski definition) is 0. The maximum absolute atomic E-state index is 11.4. The summed E-state index contributed by atoms with van der Waals surface area (Å²) in [4.78, 5) is 13.1. The Kier molecular flexibility index (Phi) is 16.4. The molecule has 132 valence electrons. The van der Waals surface area contributed by atoms with Crippen molar-refractivity contribution in [3.63, 3.8) is 0 Å². The molecule has 0 aliphatic carbocycles. The van der Waals surface area contributed by atoms with Gasteiger partial charge in [0.1, 0.15) is 0 Å². The fraction of sp³-hybridized carbons (Fsp3) is 0.950. The Morgan fingerprint density at radius 2 is 0.909 bits per heavy atom. The Hall–Kier alpha value is -0.530. The molecule has 0 spiro atoms. The number of hydrogen-bond acceptors (Lipinski definition) is 1. The first kappa shape index (κ1) is 21.5. The molecule has 0 bridgehead atoms. The Morgan fingerprint density at radius 3 is 1.23 bits per heavy atom. The molecule has 0 saturated heterocycles. The molecule has 0 saturated carbocycles. The molecule has 0 atom stereocenters. The molecule has 0 unspecified atom stereocenters. The van der Waals surface area contributed by atoms with E-state index in [1.807, 2.05) is 14.1 Å². The number of nitrogens with zero attached hydrogens (tertiary/aromatic N) is 1. The minimum Gasteiger partial charge on any atom is -0.349 e. The Bertz CT molecular complexity index is 238. The Morgan fingerprint density at radius 1 is 0.591 bits per heavy atom. The van der Waals surface area contributed by atoms with E-state index in [1.54, 1.807) is 4.90 Å². The number of carbonyl (C=O) groups excluding carboxylic acids is 1. The first-order chi connectivity index (χ1) is 10.7. The fourth-order valence-electron chi connectivity index (χ4n) is 2.87. The summed E-state index contributed by atoms with van der Waals surface area (Å²) in [5, 5.41) is 0. The van der Waals surface area contributed by atoms with E-state index in [0.29, 0.717) is 0 Å². The zero-order valence-electron chi connectivity index (χ0n) is 15.7. The highest BCUT2D eigenvalue weighted by Crippen LogP contribution is 2.13. The van der Waals surface area contributed by atoms with Crippen LogP contribution < -0.4 is 0 Å². The van der Waals surface area contributed by atoms with Crippen LogP contribution in [0.4, 0.5) is 0 Å². The van der Waals surface area contributed by atoms with Crippen molar-refractivity contribution in [3.8, 4) is 0 Å². The lowest BCUT2D eigenvalue weighted by atomic mass is 10.0. The lowest BCUT2D eigenvalue weighted by Gasteiger charge is -2.09. The lowest BCUT2D eigenvalue weighted by Crippen LogP contribution is -2.20. The zero-order valence-corrected chi connectivity index (χ0v) is 15.7. The number of rotatable bonds is 16. The number of carbonyl (C=O) groups is 1. The van der Waals surface area contributed by atoms with Gasteiger partial charge in [0.2, 0.25) is 5.91 Å². The van der Waals surface area contributed by atoms with Crippen molar-refractivity contribution >= 4 is 5.91 Å².